The average molecular weight is 177 g/mol. The van der Waals surface area contributed by atoms with Gasteiger partial charge in [-0.15, -0.1) is 0 Å². The Kier molecular flexibility index (Phi) is 3.35. The average Bonchev–Trinajstić information content (AvgIpc) is 2.08. The number of hydrogen-bond acceptors (Lipinski definition) is 1. The fraction of sp³-hybridized carbons (Fsp3) is 0.500. The van der Waals surface area contributed by atoms with Gasteiger partial charge in [-0.05, 0) is 31.4 Å². The summed E-state index contributed by atoms with van der Waals surface area (Å²) < 4.78 is 0. The van der Waals surface area contributed by atoms with Crippen LogP contribution in [0.15, 0.2) is 24.3 Å². The summed E-state index contributed by atoms with van der Waals surface area (Å²) in [5.74, 6) is 0.666. The van der Waals surface area contributed by atoms with Crippen LogP contribution < -0.4 is 5.32 Å². The van der Waals surface area contributed by atoms with Gasteiger partial charge in [-0.2, -0.15) is 0 Å². The molecule has 0 radical (unpaired) electrons. The van der Waals surface area contributed by atoms with Crippen LogP contribution in [0.3, 0.4) is 0 Å². The summed E-state index contributed by atoms with van der Waals surface area (Å²) in [5, 5.41) is 3.51. The molecule has 1 heteroatoms. The van der Waals surface area contributed by atoms with Crippen LogP contribution in [0.2, 0.25) is 0 Å². The third-order valence-electron chi connectivity index (χ3n) is 2.53. The molecule has 0 unspecified atom stereocenters. The second-order valence-corrected chi connectivity index (χ2v) is 3.99. The first kappa shape index (κ1) is 10.1. The standard InChI is InChI=1S/C12H19N/c1-9(2)11(4)13-12-8-6-5-7-10(12)3/h5-9,11,13H,1-4H3/t11-/m1/s1. The Labute approximate surface area is 81.2 Å². The van der Waals surface area contributed by atoms with Crippen LogP contribution in [0, 0.1) is 12.8 Å². The molecule has 1 nitrogen and oxygen atoms in total. The van der Waals surface area contributed by atoms with Crippen molar-refractivity contribution in [1.29, 1.82) is 0 Å². The summed E-state index contributed by atoms with van der Waals surface area (Å²) in [5.41, 5.74) is 2.57. The number of hydrogen-bond donors (Lipinski definition) is 1. The third kappa shape index (κ3) is 2.76. The van der Waals surface area contributed by atoms with Gasteiger partial charge in [-0.1, -0.05) is 32.0 Å². The highest BCUT2D eigenvalue weighted by Gasteiger charge is 2.06. The van der Waals surface area contributed by atoms with Crippen molar-refractivity contribution in [3.05, 3.63) is 29.8 Å². The Morgan fingerprint density at radius 1 is 1.08 bits per heavy atom. The first-order valence-electron chi connectivity index (χ1n) is 4.93. The molecule has 0 aromatic heterocycles. The number of anilines is 1. The van der Waals surface area contributed by atoms with Crippen LogP contribution in [0.4, 0.5) is 5.69 Å². The van der Waals surface area contributed by atoms with Crippen molar-refractivity contribution >= 4 is 5.69 Å². The van der Waals surface area contributed by atoms with Gasteiger partial charge in [0.15, 0.2) is 0 Å². The highest BCUT2D eigenvalue weighted by molar-refractivity contribution is 5.50. The highest BCUT2D eigenvalue weighted by Crippen LogP contribution is 2.16. The van der Waals surface area contributed by atoms with Crippen LogP contribution >= 0.6 is 0 Å². The Morgan fingerprint density at radius 2 is 1.69 bits per heavy atom. The van der Waals surface area contributed by atoms with E-state index in [1.807, 2.05) is 0 Å². The zero-order valence-corrected chi connectivity index (χ0v) is 8.96. The van der Waals surface area contributed by atoms with Crippen molar-refractivity contribution in [1.82, 2.24) is 0 Å². The lowest BCUT2D eigenvalue weighted by molar-refractivity contribution is 0.560. The molecule has 0 heterocycles. The molecule has 0 aliphatic heterocycles. The Hall–Kier alpha value is -0.980. The summed E-state index contributed by atoms with van der Waals surface area (Å²) in [6, 6.07) is 8.94. The predicted octanol–water partition coefficient (Wildman–Crippen LogP) is 3.45. The van der Waals surface area contributed by atoms with Gasteiger partial charge in [0.2, 0.25) is 0 Å². The lowest BCUT2D eigenvalue weighted by Gasteiger charge is -2.20. The van der Waals surface area contributed by atoms with Crippen LogP contribution in [-0.4, -0.2) is 6.04 Å². The molecule has 0 saturated heterocycles. The smallest absolute Gasteiger partial charge is 0.0372 e. The Bertz CT molecular complexity index is 266. The van der Waals surface area contributed by atoms with E-state index in [-0.39, 0.29) is 0 Å². The molecule has 0 bridgehead atoms. The number of para-hydroxylation sites is 1. The third-order valence-corrected chi connectivity index (χ3v) is 2.53. The second-order valence-electron chi connectivity index (χ2n) is 3.99. The van der Waals surface area contributed by atoms with Crippen LogP contribution in [0.25, 0.3) is 0 Å². The molecule has 13 heavy (non-hydrogen) atoms. The number of aryl methyl sites for hydroxylation is 1. The Morgan fingerprint density at radius 3 is 2.23 bits per heavy atom. The molecule has 72 valence electrons. The summed E-state index contributed by atoms with van der Waals surface area (Å²) in [6.07, 6.45) is 0. The summed E-state index contributed by atoms with van der Waals surface area (Å²) in [4.78, 5) is 0. The molecular formula is C12H19N. The van der Waals surface area contributed by atoms with Gasteiger partial charge in [-0.25, -0.2) is 0 Å². The Balaban J connectivity index is 2.69. The van der Waals surface area contributed by atoms with Crippen LogP contribution in [0.5, 0.6) is 0 Å². The van der Waals surface area contributed by atoms with E-state index in [0.717, 1.165) is 0 Å². The molecule has 0 saturated carbocycles. The summed E-state index contributed by atoms with van der Waals surface area (Å²) in [6.45, 7) is 8.82. The van der Waals surface area contributed by atoms with Crippen molar-refractivity contribution in [2.75, 3.05) is 5.32 Å². The predicted molar refractivity (Wildman–Crippen MR) is 59.1 cm³/mol. The van der Waals surface area contributed by atoms with E-state index in [0.29, 0.717) is 12.0 Å². The van der Waals surface area contributed by atoms with E-state index >= 15 is 0 Å². The van der Waals surface area contributed by atoms with E-state index < -0.39 is 0 Å². The van der Waals surface area contributed by atoms with E-state index in [1.165, 1.54) is 11.3 Å². The molecule has 0 amide bonds. The molecule has 0 aliphatic carbocycles. The summed E-state index contributed by atoms with van der Waals surface area (Å²) in [7, 11) is 0. The zero-order valence-electron chi connectivity index (χ0n) is 8.96. The minimum Gasteiger partial charge on any atom is -0.382 e. The van der Waals surface area contributed by atoms with Gasteiger partial charge in [0.25, 0.3) is 0 Å². The first-order chi connectivity index (χ1) is 6.11. The van der Waals surface area contributed by atoms with Crippen molar-refractivity contribution in [3.63, 3.8) is 0 Å². The normalized spacial score (nSPS) is 13.0. The maximum atomic E-state index is 3.51. The quantitative estimate of drug-likeness (QED) is 0.745. The molecule has 1 aromatic carbocycles. The van der Waals surface area contributed by atoms with Gasteiger partial charge in [0.1, 0.15) is 0 Å². The van der Waals surface area contributed by atoms with Crippen LogP contribution in [-0.2, 0) is 0 Å². The topological polar surface area (TPSA) is 12.0 Å². The fourth-order valence-corrected chi connectivity index (χ4v) is 1.15. The van der Waals surface area contributed by atoms with Crippen molar-refractivity contribution in [2.45, 2.75) is 33.7 Å². The van der Waals surface area contributed by atoms with Crippen molar-refractivity contribution in [3.8, 4) is 0 Å². The maximum Gasteiger partial charge on any atom is 0.0372 e. The van der Waals surface area contributed by atoms with E-state index in [9.17, 15) is 0 Å². The largest absolute Gasteiger partial charge is 0.382 e. The lowest BCUT2D eigenvalue weighted by atomic mass is 10.1. The minimum atomic E-state index is 0.529. The van der Waals surface area contributed by atoms with Gasteiger partial charge in [-0.3, -0.25) is 0 Å². The highest BCUT2D eigenvalue weighted by atomic mass is 14.9. The number of benzene rings is 1. The number of rotatable bonds is 3. The fourth-order valence-electron chi connectivity index (χ4n) is 1.15. The SMILES string of the molecule is Cc1ccccc1N[C@H](C)C(C)C. The van der Waals surface area contributed by atoms with E-state index in [4.69, 9.17) is 0 Å². The minimum absolute atomic E-state index is 0.529. The molecule has 0 fully saturated rings. The van der Waals surface area contributed by atoms with Crippen molar-refractivity contribution in [2.24, 2.45) is 5.92 Å². The number of nitrogens with one attached hydrogen (secondary N) is 1. The van der Waals surface area contributed by atoms with Gasteiger partial charge >= 0.3 is 0 Å². The summed E-state index contributed by atoms with van der Waals surface area (Å²) >= 11 is 0. The van der Waals surface area contributed by atoms with Gasteiger partial charge < -0.3 is 5.32 Å². The van der Waals surface area contributed by atoms with Crippen molar-refractivity contribution < 1.29 is 0 Å². The lowest BCUT2D eigenvalue weighted by Crippen LogP contribution is -2.21. The van der Waals surface area contributed by atoms with E-state index in [2.05, 4.69) is 57.3 Å². The van der Waals surface area contributed by atoms with E-state index in [1.54, 1.807) is 0 Å². The van der Waals surface area contributed by atoms with Gasteiger partial charge in [0.05, 0.1) is 0 Å². The maximum absolute atomic E-state index is 3.51. The molecule has 1 rings (SSSR count). The molecular weight excluding hydrogens is 158 g/mol. The first-order valence-corrected chi connectivity index (χ1v) is 4.93. The molecule has 0 spiro atoms. The molecule has 1 N–H and O–H groups in total. The molecule has 1 aromatic rings. The van der Waals surface area contributed by atoms with Crippen LogP contribution in [0.1, 0.15) is 26.3 Å². The monoisotopic (exact) mass is 177 g/mol. The second kappa shape index (κ2) is 4.31. The zero-order chi connectivity index (χ0) is 9.84. The molecule has 1 atom stereocenters. The van der Waals surface area contributed by atoms with Gasteiger partial charge in [0, 0.05) is 11.7 Å². The molecule has 0 aliphatic rings.